The average molecular weight is 305 g/mol. The van der Waals surface area contributed by atoms with Gasteiger partial charge in [0.1, 0.15) is 4.88 Å². The van der Waals surface area contributed by atoms with Gasteiger partial charge < -0.3 is 10.4 Å². The van der Waals surface area contributed by atoms with Gasteiger partial charge in [0.2, 0.25) is 0 Å². The molecule has 0 saturated carbocycles. The van der Waals surface area contributed by atoms with Crippen LogP contribution in [-0.4, -0.2) is 17.6 Å². The standard InChI is InChI=1S/C17H23NO2S/c1-12(2)7-5-6-10-18-11-14-13-8-3-4-9-15(13)21-16(14)17(19)20/h3-4,8-9,12,18H,5-7,10-11H2,1-2H3,(H,19,20). The quantitative estimate of drug-likeness (QED) is 0.705. The van der Waals surface area contributed by atoms with Crippen LogP contribution in [0.4, 0.5) is 0 Å². The number of nitrogens with one attached hydrogen (secondary N) is 1. The largest absolute Gasteiger partial charge is 0.477 e. The van der Waals surface area contributed by atoms with Gasteiger partial charge >= 0.3 is 5.97 Å². The van der Waals surface area contributed by atoms with Crippen LogP contribution in [0.15, 0.2) is 24.3 Å². The Morgan fingerprint density at radius 1 is 1.29 bits per heavy atom. The molecule has 0 spiro atoms. The first-order valence-corrected chi connectivity index (χ1v) is 8.35. The van der Waals surface area contributed by atoms with Gasteiger partial charge in [-0.2, -0.15) is 0 Å². The molecule has 0 aliphatic rings. The summed E-state index contributed by atoms with van der Waals surface area (Å²) in [6.45, 7) is 6.05. The van der Waals surface area contributed by atoms with Gasteiger partial charge in [0, 0.05) is 11.2 Å². The molecule has 21 heavy (non-hydrogen) atoms. The lowest BCUT2D eigenvalue weighted by molar-refractivity contribution is 0.0701. The molecule has 0 aliphatic heterocycles. The third kappa shape index (κ3) is 4.29. The van der Waals surface area contributed by atoms with Gasteiger partial charge in [-0.25, -0.2) is 4.79 Å². The maximum absolute atomic E-state index is 11.4. The fourth-order valence-corrected chi connectivity index (χ4v) is 3.52. The van der Waals surface area contributed by atoms with E-state index in [4.69, 9.17) is 0 Å². The zero-order chi connectivity index (χ0) is 15.2. The van der Waals surface area contributed by atoms with E-state index >= 15 is 0 Å². The predicted octanol–water partition coefficient (Wildman–Crippen LogP) is 4.52. The van der Waals surface area contributed by atoms with Crippen LogP contribution >= 0.6 is 11.3 Å². The molecule has 4 heteroatoms. The number of hydrogen-bond donors (Lipinski definition) is 2. The molecule has 1 aromatic heterocycles. The molecular formula is C17H23NO2S. The fourth-order valence-electron chi connectivity index (χ4n) is 2.46. The summed E-state index contributed by atoms with van der Waals surface area (Å²) in [6.07, 6.45) is 3.62. The Hall–Kier alpha value is -1.39. The summed E-state index contributed by atoms with van der Waals surface area (Å²) in [5, 5.41) is 13.8. The highest BCUT2D eigenvalue weighted by molar-refractivity contribution is 7.21. The normalized spacial score (nSPS) is 11.4. The van der Waals surface area contributed by atoms with Crippen LogP contribution in [0, 0.1) is 5.92 Å². The van der Waals surface area contributed by atoms with E-state index in [0.29, 0.717) is 11.4 Å². The van der Waals surface area contributed by atoms with Crippen molar-refractivity contribution in [3.63, 3.8) is 0 Å². The lowest BCUT2D eigenvalue weighted by Crippen LogP contribution is -2.16. The molecule has 1 aromatic carbocycles. The Bertz CT molecular complexity index is 604. The summed E-state index contributed by atoms with van der Waals surface area (Å²) in [4.78, 5) is 11.8. The molecule has 0 amide bonds. The Labute approximate surface area is 130 Å². The maximum Gasteiger partial charge on any atom is 0.346 e. The Balaban J connectivity index is 1.97. The minimum absolute atomic E-state index is 0.464. The van der Waals surface area contributed by atoms with Crippen LogP contribution in [-0.2, 0) is 6.54 Å². The number of rotatable bonds is 8. The van der Waals surface area contributed by atoms with E-state index in [1.807, 2.05) is 24.3 Å². The third-order valence-corrected chi connectivity index (χ3v) is 4.78. The SMILES string of the molecule is CC(C)CCCCNCc1c(C(=O)O)sc2ccccc12. The minimum atomic E-state index is -0.826. The molecule has 2 N–H and O–H groups in total. The highest BCUT2D eigenvalue weighted by atomic mass is 32.1. The van der Waals surface area contributed by atoms with Gasteiger partial charge in [-0.05, 0) is 35.9 Å². The number of unbranched alkanes of at least 4 members (excludes halogenated alkanes) is 1. The van der Waals surface area contributed by atoms with E-state index in [1.165, 1.54) is 24.2 Å². The molecule has 0 atom stereocenters. The minimum Gasteiger partial charge on any atom is -0.477 e. The second-order valence-corrected chi connectivity index (χ2v) is 6.83. The van der Waals surface area contributed by atoms with Crippen LogP contribution in [0.1, 0.15) is 48.3 Å². The van der Waals surface area contributed by atoms with E-state index < -0.39 is 5.97 Å². The van der Waals surface area contributed by atoms with Crippen molar-refractivity contribution >= 4 is 27.4 Å². The highest BCUT2D eigenvalue weighted by Gasteiger charge is 2.16. The molecular weight excluding hydrogens is 282 g/mol. The maximum atomic E-state index is 11.4. The number of fused-ring (bicyclic) bond motifs is 1. The Morgan fingerprint density at radius 3 is 2.76 bits per heavy atom. The summed E-state index contributed by atoms with van der Waals surface area (Å²) < 4.78 is 1.05. The van der Waals surface area contributed by atoms with Crippen molar-refractivity contribution in [3.8, 4) is 0 Å². The Morgan fingerprint density at radius 2 is 2.05 bits per heavy atom. The second kappa shape index (κ2) is 7.57. The third-order valence-electron chi connectivity index (χ3n) is 3.58. The first-order valence-electron chi connectivity index (χ1n) is 7.54. The summed E-state index contributed by atoms with van der Waals surface area (Å²) >= 11 is 1.36. The lowest BCUT2D eigenvalue weighted by Gasteiger charge is -2.07. The topological polar surface area (TPSA) is 49.3 Å². The van der Waals surface area contributed by atoms with Gasteiger partial charge in [0.15, 0.2) is 0 Å². The van der Waals surface area contributed by atoms with Gasteiger partial charge in [-0.15, -0.1) is 11.3 Å². The molecule has 0 radical (unpaired) electrons. The van der Waals surface area contributed by atoms with Crippen LogP contribution in [0.3, 0.4) is 0 Å². The summed E-state index contributed by atoms with van der Waals surface area (Å²) in [5.74, 6) is -0.0720. The van der Waals surface area contributed by atoms with E-state index in [1.54, 1.807) is 0 Å². The second-order valence-electron chi connectivity index (χ2n) is 5.78. The molecule has 0 saturated heterocycles. The number of benzene rings is 1. The van der Waals surface area contributed by atoms with E-state index in [-0.39, 0.29) is 0 Å². The number of hydrogen-bond acceptors (Lipinski definition) is 3. The van der Waals surface area contributed by atoms with E-state index in [9.17, 15) is 9.90 Å². The van der Waals surface area contributed by atoms with E-state index in [2.05, 4.69) is 19.2 Å². The summed E-state index contributed by atoms with van der Waals surface area (Å²) in [6, 6.07) is 7.91. The number of carbonyl (C=O) groups is 1. The molecule has 0 unspecified atom stereocenters. The van der Waals surface area contributed by atoms with Crippen LogP contribution in [0.5, 0.6) is 0 Å². The fraction of sp³-hybridized carbons (Fsp3) is 0.471. The van der Waals surface area contributed by atoms with Crippen LogP contribution < -0.4 is 5.32 Å². The molecule has 2 aromatic rings. The number of carboxylic acid groups (broad SMARTS) is 1. The highest BCUT2D eigenvalue weighted by Crippen LogP contribution is 2.31. The van der Waals surface area contributed by atoms with Crippen molar-refractivity contribution < 1.29 is 9.90 Å². The van der Waals surface area contributed by atoms with Crippen molar-refractivity contribution in [2.75, 3.05) is 6.54 Å². The number of carboxylic acids is 1. The van der Waals surface area contributed by atoms with Crippen molar-refractivity contribution in [1.29, 1.82) is 0 Å². The Kier molecular flexibility index (Phi) is 5.76. The first-order chi connectivity index (χ1) is 10.1. The van der Waals surface area contributed by atoms with Crippen LogP contribution in [0.2, 0.25) is 0 Å². The summed E-state index contributed by atoms with van der Waals surface area (Å²) in [7, 11) is 0. The zero-order valence-electron chi connectivity index (χ0n) is 12.7. The molecule has 3 nitrogen and oxygen atoms in total. The van der Waals surface area contributed by atoms with E-state index in [0.717, 1.165) is 34.5 Å². The van der Waals surface area contributed by atoms with Gasteiger partial charge in [-0.3, -0.25) is 0 Å². The summed E-state index contributed by atoms with van der Waals surface area (Å²) in [5.41, 5.74) is 0.923. The predicted molar refractivity (Wildman–Crippen MR) is 89.2 cm³/mol. The smallest absolute Gasteiger partial charge is 0.346 e. The van der Waals surface area contributed by atoms with Crippen molar-refractivity contribution in [2.24, 2.45) is 5.92 Å². The first kappa shape index (κ1) is 16.0. The van der Waals surface area contributed by atoms with Gasteiger partial charge in [0.05, 0.1) is 0 Å². The van der Waals surface area contributed by atoms with Gasteiger partial charge in [-0.1, -0.05) is 44.9 Å². The molecule has 114 valence electrons. The van der Waals surface area contributed by atoms with Crippen LogP contribution in [0.25, 0.3) is 10.1 Å². The zero-order valence-corrected chi connectivity index (χ0v) is 13.5. The van der Waals surface area contributed by atoms with Crippen molar-refractivity contribution in [3.05, 3.63) is 34.7 Å². The van der Waals surface area contributed by atoms with Gasteiger partial charge in [0.25, 0.3) is 0 Å². The average Bonchev–Trinajstić information content (AvgIpc) is 2.81. The van der Waals surface area contributed by atoms with Crippen molar-refractivity contribution in [2.45, 2.75) is 39.7 Å². The molecule has 2 rings (SSSR count). The number of aromatic carboxylic acids is 1. The van der Waals surface area contributed by atoms with Crippen molar-refractivity contribution in [1.82, 2.24) is 5.32 Å². The monoisotopic (exact) mass is 305 g/mol. The molecule has 0 bridgehead atoms. The molecule has 0 fully saturated rings. The molecule has 0 aliphatic carbocycles. The number of thiophene rings is 1. The molecule has 1 heterocycles. The lowest BCUT2D eigenvalue weighted by atomic mass is 10.1.